The summed E-state index contributed by atoms with van der Waals surface area (Å²) in [4.78, 5) is 19.6. The van der Waals surface area contributed by atoms with Crippen LogP contribution in [0.4, 0.5) is 0 Å². The Morgan fingerprint density at radius 2 is 1.70 bits per heavy atom. The van der Waals surface area contributed by atoms with Gasteiger partial charge in [0, 0.05) is 17.5 Å². The molecular formula is C25H30N2O2S. The maximum Gasteiger partial charge on any atom is 0.254 e. The molecule has 0 saturated heterocycles. The van der Waals surface area contributed by atoms with Gasteiger partial charge in [-0.05, 0) is 62.1 Å². The second kappa shape index (κ2) is 9.90. The predicted molar refractivity (Wildman–Crippen MR) is 123 cm³/mol. The molecule has 0 aliphatic heterocycles. The van der Waals surface area contributed by atoms with Crippen molar-refractivity contribution in [1.29, 1.82) is 0 Å². The summed E-state index contributed by atoms with van der Waals surface area (Å²) in [7, 11) is 0. The first-order valence-electron chi connectivity index (χ1n) is 10.3. The second-order valence-electron chi connectivity index (χ2n) is 8.29. The molecule has 0 fully saturated rings. The Morgan fingerprint density at radius 1 is 1.03 bits per heavy atom. The summed E-state index contributed by atoms with van der Waals surface area (Å²) in [6.45, 7) is 12.0. The minimum atomic E-state index is 0.0461. The molecule has 0 radical (unpaired) electrons. The number of aryl methyl sites for hydroxylation is 3. The van der Waals surface area contributed by atoms with E-state index in [1.54, 1.807) is 11.3 Å². The third-order valence-corrected chi connectivity index (χ3v) is 5.55. The van der Waals surface area contributed by atoms with Gasteiger partial charge in [-0.25, -0.2) is 4.98 Å². The fraction of sp³-hybridized carbons (Fsp3) is 0.360. The summed E-state index contributed by atoms with van der Waals surface area (Å²) in [5, 5.41) is 2.94. The SMILES string of the molecule is Cc1ccc(C(=O)N(Cc2csc(COc3cc(C)cc(C)c3)n2)CC(C)C)cc1. The zero-order valence-electron chi connectivity index (χ0n) is 18.4. The molecule has 0 saturated carbocycles. The van der Waals surface area contributed by atoms with Crippen molar-refractivity contribution in [3.8, 4) is 5.75 Å². The Kier molecular flexibility index (Phi) is 7.27. The van der Waals surface area contributed by atoms with Gasteiger partial charge in [0.2, 0.25) is 0 Å². The number of thiazole rings is 1. The largest absolute Gasteiger partial charge is 0.486 e. The first kappa shape index (κ1) is 22.0. The number of ether oxygens (including phenoxy) is 1. The van der Waals surface area contributed by atoms with Crippen LogP contribution in [-0.4, -0.2) is 22.3 Å². The van der Waals surface area contributed by atoms with E-state index < -0.39 is 0 Å². The van der Waals surface area contributed by atoms with Crippen molar-refractivity contribution in [1.82, 2.24) is 9.88 Å². The molecule has 0 aliphatic carbocycles. The molecule has 4 nitrogen and oxygen atoms in total. The zero-order valence-corrected chi connectivity index (χ0v) is 19.3. The highest BCUT2D eigenvalue weighted by Gasteiger charge is 2.18. The highest BCUT2D eigenvalue weighted by atomic mass is 32.1. The number of hydrogen-bond donors (Lipinski definition) is 0. The average Bonchev–Trinajstić information content (AvgIpc) is 3.12. The number of nitrogens with zero attached hydrogens (tertiary/aromatic N) is 2. The van der Waals surface area contributed by atoms with Crippen molar-refractivity contribution in [2.75, 3.05) is 6.54 Å². The number of amides is 1. The average molecular weight is 423 g/mol. The van der Waals surface area contributed by atoms with Gasteiger partial charge in [0.25, 0.3) is 5.91 Å². The van der Waals surface area contributed by atoms with Crippen molar-refractivity contribution in [2.24, 2.45) is 5.92 Å². The van der Waals surface area contributed by atoms with Crippen molar-refractivity contribution in [2.45, 2.75) is 47.8 Å². The molecule has 5 heteroatoms. The lowest BCUT2D eigenvalue weighted by Crippen LogP contribution is -2.33. The van der Waals surface area contributed by atoms with Crippen LogP contribution < -0.4 is 4.74 Å². The Labute approximate surface area is 183 Å². The van der Waals surface area contributed by atoms with E-state index in [4.69, 9.17) is 9.72 Å². The molecule has 3 aromatic rings. The van der Waals surface area contributed by atoms with Gasteiger partial charge < -0.3 is 9.64 Å². The van der Waals surface area contributed by atoms with Crippen LogP contribution in [0.1, 0.15) is 51.6 Å². The van der Waals surface area contributed by atoms with Crippen molar-refractivity contribution < 1.29 is 9.53 Å². The van der Waals surface area contributed by atoms with Crippen molar-refractivity contribution in [3.63, 3.8) is 0 Å². The van der Waals surface area contributed by atoms with Gasteiger partial charge in [-0.1, -0.05) is 37.6 Å². The molecule has 0 bridgehead atoms. The van der Waals surface area contributed by atoms with Crippen LogP contribution in [0, 0.1) is 26.7 Å². The molecule has 158 valence electrons. The highest BCUT2D eigenvalue weighted by molar-refractivity contribution is 7.09. The molecular weight excluding hydrogens is 392 g/mol. The number of aromatic nitrogens is 1. The monoisotopic (exact) mass is 422 g/mol. The standard InChI is InChI=1S/C25H30N2O2S/c1-17(2)13-27(25(28)21-8-6-18(3)7-9-21)14-22-16-30-24(26-22)15-29-23-11-19(4)10-20(5)12-23/h6-12,16-17H,13-15H2,1-5H3. The predicted octanol–water partition coefficient (Wildman–Crippen LogP) is 5.95. The van der Waals surface area contributed by atoms with E-state index in [9.17, 15) is 4.79 Å². The summed E-state index contributed by atoms with van der Waals surface area (Å²) in [5.74, 6) is 1.29. The van der Waals surface area contributed by atoms with E-state index in [-0.39, 0.29) is 5.91 Å². The summed E-state index contributed by atoms with van der Waals surface area (Å²) >= 11 is 1.57. The van der Waals surface area contributed by atoms with Gasteiger partial charge in [-0.3, -0.25) is 4.79 Å². The lowest BCUT2D eigenvalue weighted by Gasteiger charge is -2.24. The lowest BCUT2D eigenvalue weighted by atomic mass is 10.1. The van der Waals surface area contributed by atoms with E-state index in [0.717, 1.165) is 27.6 Å². The second-order valence-corrected chi connectivity index (χ2v) is 9.23. The number of carbonyl (C=O) groups is 1. The van der Waals surface area contributed by atoms with Gasteiger partial charge in [-0.15, -0.1) is 11.3 Å². The molecule has 2 aromatic carbocycles. The Bertz CT molecular complexity index is 972. The molecule has 0 spiro atoms. The molecule has 0 N–H and O–H groups in total. The van der Waals surface area contributed by atoms with Gasteiger partial charge in [0.05, 0.1) is 12.2 Å². The summed E-state index contributed by atoms with van der Waals surface area (Å²) in [6, 6.07) is 13.9. The van der Waals surface area contributed by atoms with E-state index >= 15 is 0 Å². The van der Waals surface area contributed by atoms with Gasteiger partial charge in [0.1, 0.15) is 17.4 Å². The molecule has 0 aliphatic rings. The number of hydrogen-bond acceptors (Lipinski definition) is 4. The van der Waals surface area contributed by atoms with Crippen LogP contribution >= 0.6 is 11.3 Å². The first-order valence-corrected chi connectivity index (χ1v) is 11.2. The minimum absolute atomic E-state index is 0.0461. The maximum absolute atomic E-state index is 13.1. The Morgan fingerprint density at radius 3 is 2.33 bits per heavy atom. The number of rotatable bonds is 8. The molecule has 1 aromatic heterocycles. The zero-order chi connectivity index (χ0) is 21.7. The van der Waals surface area contributed by atoms with Crippen molar-refractivity contribution in [3.05, 3.63) is 80.8 Å². The van der Waals surface area contributed by atoms with E-state index in [0.29, 0.717) is 25.6 Å². The number of benzene rings is 2. The van der Waals surface area contributed by atoms with Crippen molar-refractivity contribution >= 4 is 17.2 Å². The topological polar surface area (TPSA) is 42.4 Å². The van der Waals surface area contributed by atoms with E-state index in [2.05, 4.69) is 33.8 Å². The lowest BCUT2D eigenvalue weighted by molar-refractivity contribution is 0.0720. The summed E-state index contributed by atoms with van der Waals surface area (Å²) in [6.07, 6.45) is 0. The molecule has 30 heavy (non-hydrogen) atoms. The van der Waals surface area contributed by atoms with Crippen LogP contribution in [0.2, 0.25) is 0 Å². The molecule has 3 rings (SSSR count). The third kappa shape index (κ3) is 6.17. The van der Waals surface area contributed by atoms with E-state index in [1.807, 2.05) is 53.6 Å². The summed E-state index contributed by atoms with van der Waals surface area (Å²) in [5.41, 5.74) is 5.14. The minimum Gasteiger partial charge on any atom is -0.486 e. The molecule has 1 heterocycles. The van der Waals surface area contributed by atoms with Crippen LogP contribution in [-0.2, 0) is 13.2 Å². The maximum atomic E-state index is 13.1. The van der Waals surface area contributed by atoms with Crippen LogP contribution in [0.5, 0.6) is 5.75 Å². The van der Waals surface area contributed by atoms with Gasteiger partial charge in [0.15, 0.2) is 0 Å². The third-order valence-electron chi connectivity index (χ3n) is 4.68. The van der Waals surface area contributed by atoms with Crippen LogP contribution in [0.15, 0.2) is 47.8 Å². The smallest absolute Gasteiger partial charge is 0.254 e. The molecule has 0 atom stereocenters. The van der Waals surface area contributed by atoms with Gasteiger partial charge in [-0.2, -0.15) is 0 Å². The first-order chi connectivity index (χ1) is 14.3. The fourth-order valence-corrected chi connectivity index (χ4v) is 4.08. The molecule has 0 unspecified atom stereocenters. The summed E-state index contributed by atoms with van der Waals surface area (Å²) < 4.78 is 5.93. The normalized spacial score (nSPS) is 11.0. The Hall–Kier alpha value is -2.66. The Balaban J connectivity index is 1.67. The molecule has 1 amide bonds. The van der Waals surface area contributed by atoms with E-state index in [1.165, 1.54) is 11.1 Å². The van der Waals surface area contributed by atoms with Crippen LogP contribution in [0.25, 0.3) is 0 Å². The van der Waals surface area contributed by atoms with Gasteiger partial charge >= 0.3 is 0 Å². The quantitative estimate of drug-likeness (QED) is 0.451. The number of carbonyl (C=O) groups excluding carboxylic acids is 1. The van der Waals surface area contributed by atoms with Crippen LogP contribution in [0.3, 0.4) is 0 Å². The highest BCUT2D eigenvalue weighted by Crippen LogP contribution is 2.20. The fourth-order valence-electron chi connectivity index (χ4n) is 3.38.